The quantitative estimate of drug-likeness (QED) is 0.0620. The summed E-state index contributed by atoms with van der Waals surface area (Å²) in [5.74, 6) is 0.0879. The van der Waals surface area contributed by atoms with Crippen molar-refractivity contribution < 1.29 is 25.9 Å². The topological polar surface area (TPSA) is 184 Å². The molecular formula is C20H16N6Na2O6S6. The Morgan fingerprint density at radius 3 is 1.12 bits per heavy atom. The molecule has 4 N–H and O–H groups in total. The molecule has 20 heteroatoms. The van der Waals surface area contributed by atoms with Crippen LogP contribution in [-0.2, 0) is 20.2 Å². The summed E-state index contributed by atoms with van der Waals surface area (Å²) in [6.45, 7) is 0. The van der Waals surface area contributed by atoms with Gasteiger partial charge in [0.15, 0.2) is 0 Å². The van der Waals surface area contributed by atoms with Gasteiger partial charge in [-0.1, -0.05) is 12.1 Å². The van der Waals surface area contributed by atoms with Gasteiger partial charge >= 0.3 is 0 Å². The fourth-order valence-corrected chi connectivity index (χ4v) is 5.82. The molecule has 0 bridgehead atoms. The first-order chi connectivity index (χ1) is 17.7. The molecular weight excluding hydrogens is 659 g/mol. The van der Waals surface area contributed by atoms with Crippen LogP contribution in [-0.4, -0.2) is 105 Å². The van der Waals surface area contributed by atoms with E-state index < -0.39 is 30.0 Å². The molecule has 2 heterocycles. The van der Waals surface area contributed by atoms with Crippen molar-refractivity contribution in [1.29, 1.82) is 0 Å². The summed E-state index contributed by atoms with van der Waals surface area (Å²) in [7, 11) is -9.77. The van der Waals surface area contributed by atoms with E-state index in [4.69, 9.17) is 0 Å². The van der Waals surface area contributed by atoms with Crippen molar-refractivity contribution in [3.8, 4) is 11.1 Å². The maximum absolute atomic E-state index is 12.3. The fourth-order valence-electron chi connectivity index (χ4n) is 3.29. The maximum Gasteiger partial charge on any atom is 0.295 e. The third kappa shape index (κ3) is 9.21. The van der Waals surface area contributed by atoms with Crippen LogP contribution >= 0.6 is 50.5 Å². The van der Waals surface area contributed by atoms with E-state index in [9.17, 15) is 25.9 Å². The summed E-state index contributed by atoms with van der Waals surface area (Å²) >= 11 is 16.5. The molecule has 0 atom stereocenters. The molecule has 200 valence electrons. The molecule has 0 unspecified atom stereocenters. The van der Waals surface area contributed by atoms with Crippen LogP contribution in [0.25, 0.3) is 11.1 Å². The summed E-state index contributed by atoms with van der Waals surface area (Å²) in [5, 5.41) is 6.71. The van der Waals surface area contributed by atoms with Gasteiger partial charge < -0.3 is 10.6 Å². The van der Waals surface area contributed by atoms with Crippen LogP contribution in [0, 0.1) is 0 Å². The standard InChI is InChI=1S/C20H16N6O6S6.2Na/c27-37(28,29)13-5-9(21-19-23-15(33)7-16(34)24-19)1-3-11(13)12-4-2-10(6-14(12)38(30,31)32)22-20-25-17(35)8-18(36)26-20;;/h1-8H,(H,27,28,29)(H,30,31,32)(H3,21,23,24,33,34)(H3,22,25,26,35,36);;. The number of aromatic nitrogens is 4. The van der Waals surface area contributed by atoms with Gasteiger partial charge in [0.25, 0.3) is 20.2 Å². The molecule has 0 spiro atoms. The number of nitrogens with one attached hydrogen (secondary N) is 2. The summed E-state index contributed by atoms with van der Waals surface area (Å²) in [6, 6.07) is 10.4. The van der Waals surface area contributed by atoms with Crippen molar-refractivity contribution in [2.24, 2.45) is 0 Å². The zero-order valence-electron chi connectivity index (χ0n) is 20.5. The van der Waals surface area contributed by atoms with Crippen molar-refractivity contribution in [3.05, 3.63) is 48.5 Å². The summed E-state index contributed by atoms with van der Waals surface area (Å²) in [5.41, 5.74) is -0.124. The van der Waals surface area contributed by atoms with Gasteiger partial charge in [0.1, 0.15) is 9.79 Å². The van der Waals surface area contributed by atoms with Gasteiger partial charge in [0.2, 0.25) is 11.9 Å². The van der Waals surface area contributed by atoms with E-state index in [1.54, 1.807) is 0 Å². The summed E-state index contributed by atoms with van der Waals surface area (Å²) in [6.07, 6.45) is 0. The molecule has 2 radical (unpaired) electrons. The van der Waals surface area contributed by atoms with Crippen LogP contribution < -0.4 is 10.6 Å². The molecule has 0 aliphatic heterocycles. The third-order valence-corrected chi connectivity index (χ3v) is 7.42. The van der Waals surface area contributed by atoms with Crippen LogP contribution in [0.4, 0.5) is 23.3 Å². The van der Waals surface area contributed by atoms with Gasteiger partial charge in [-0.25, -0.2) is 19.9 Å². The van der Waals surface area contributed by atoms with E-state index in [0.717, 1.165) is 12.1 Å². The first kappa shape index (κ1) is 35.6. The molecule has 4 aromatic rings. The van der Waals surface area contributed by atoms with Crippen LogP contribution in [0.2, 0.25) is 0 Å². The average molecular weight is 675 g/mol. The number of hydrogen-bond donors (Lipinski definition) is 8. The van der Waals surface area contributed by atoms with Gasteiger partial charge in [0, 0.05) is 93.7 Å². The summed E-state index contributed by atoms with van der Waals surface area (Å²) < 4.78 is 69.0. The van der Waals surface area contributed by atoms with Crippen molar-refractivity contribution in [1.82, 2.24) is 19.9 Å². The molecule has 0 saturated carbocycles. The molecule has 0 saturated heterocycles. The Hall–Kier alpha value is -0.580. The average Bonchev–Trinajstić information content (AvgIpc) is 2.76. The van der Waals surface area contributed by atoms with Gasteiger partial charge in [-0.05, 0) is 24.3 Å². The normalized spacial score (nSPS) is 11.2. The molecule has 0 amide bonds. The second-order valence-electron chi connectivity index (χ2n) is 7.44. The van der Waals surface area contributed by atoms with E-state index in [-0.39, 0.29) is 93.5 Å². The second-order valence-corrected chi connectivity index (χ2v) is 12.1. The summed E-state index contributed by atoms with van der Waals surface area (Å²) in [4.78, 5) is 14.9. The van der Waals surface area contributed by atoms with E-state index >= 15 is 0 Å². The van der Waals surface area contributed by atoms with Crippen LogP contribution in [0.3, 0.4) is 0 Å². The minimum atomic E-state index is -4.88. The zero-order chi connectivity index (χ0) is 27.8. The Balaban J connectivity index is 0.00000280. The monoisotopic (exact) mass is 674 g/mol. The number of thiol groups is 4. The molecule has 12 nitrogen and oxygen atoms in total. The Morgan fingerprint density at radius 2 is 0.850 bits per heavy atom. The van der Waals surface area contributed by atoms with Crippen LogP contribution in [0.15, 0.2) is 78.4 Å². The van der Waals surface area contributed by atoms with Gasteiger partial charge in [-0.15, -0.1) is 50.5 Å². The van der Waals surface area contributed by atoms with Crippen molar-refractivity contribution in [2.45, 2.75) is 29.9 Å². The van der Waals surface area contributed by atoms with Crippen molar-refractivity contribution in [3.63, 3.8) is 0 Å². The predicted octanol–water partition coefficient (Wildman–Crippen LogP) is 3.31. The maximum atomic E-state index is 12.3. The second kappa shape index (κ2) is 14.3. The van der Waals surface area contributed by atoms with E-state index in [2.05, 4.69) is 81.1 Å². The number of rotatable bonds is 7. The van der Waals surface area contributed by atoms with Crippen LogP contribution in [0.1, 0.15) is 0 Å². The fraction of sp³-hybridized carbons (Fsp3) is 0. The molecule has 40 heavy (non-hydrogen) atoms. The Bertz CT molecular complexity index is 1630. The first-order valence-electron chi connectivity index (χ1n) is 10.0. The molecule has 0 aliphatic carbocycles. The first-order valence-corrected chi connectivity index (χ1v) is 14.7. The number of anilines is 4. The minimum absolute atomic E-state index is 0. The molecule has 0 fully saturated rings. The Morgan fingerprint density at radius 1 is 0.550 bits per heavy atom. The van der Waals surface area contributed by atoms with E-state index in [0.29, 0.717) is 20.1 Å². The molecule has 2 aromatic carbocycles. The Labute approximate surface area is 295 Å². The third-order valence-electron chi connectivity index (χ3n) is 4.72. The largest absolute Gasteiger partial charge is 0.324 e. The van der Waals surface area contributed by atoms with Crippen LogP contribution in [0.5, 0.6) is 0 Å². The van der Waals surface area contributed by atoms with Crippen molar-refractivity contribution in [2.75, 3.05) is 10.6 Å². The number of hydrogen-bond acceptors (Lipinski definition) is 14. The van der Waals surface area contributed by atoms with E-state index in [1.807, 2.05) is 0 Å². The smallest absolute Gasteiger partial charge is 0.295 e. The number of benzene rings is 2. The van der Waals surface area contributed by atoms with Gasteiger partial charge in [-0.2, -0.15) is 16.8 Å². The SMILES string of the molecule is O=S(=O)(O)c1cc(Nc2nc(S)cc(S)n2)ccc1-c1ccc(Nc2nc(S)cc(S)n2)cc1S(=O)(=O)O.[Na].[Na]. The number of nitrogens with zero attached hydrogens (tertiary/aromatic N) is 4. The molecule has 0 aliphatic rings. The molecule has 4 rings (SSSR count). The Kier molecular flexibility index (Phi) is 12.7. The zero-order valence-corrected chi connectivity index (χ0v) is 29.8. The minimum Gasteiger partial charge on any atom is -0.324 e. The predicted molar refractivity (Wildman–Crippen MR) is 163 cm³/mol. The van der Waals surface area contributed by atoms with Gasteiger partial charge in [-0.3, -0.25) is 9.11 Å². The van der Waals surface area contributed by atoms with Gasteiger partial charge in [0.05, 0.1) is 20.1 Å². The molecule has 2 aromatic heterocycles. The van der Waals surface area contributed by atoms with Crippen molar-refractivity contribution >= 4 is 153 Å². The van der Waals surface area contributed by atoms with E-state index in [1.165, 1.54) is 36.4 Å².